The Bertz CT molecular complexity index is 1030. The maximum Gasteiger partial charge on any atom is 0.267 e. The van der Waals surface area contributed by atoms with Crippen LogP contribution in [-0.2, 0) is 16.4 Å². The topological polar surface area (TPSA) is 69.0 Å². The minimum atomic E-state index is -3.75. The van der Waals surface area contributed by atoms with Gasteiger partial charge >= 0.3 is 0 Å². The highest BCUT2D eigenvalue weighted by Gasteiger charge is 2.18. The lowest BCUT2D eigenvalue weighted by Crippen LogP contribution is -2.11. The fraction of sp³-hybridized carbons (Fsp3) is 0.111. The predicted molar refractivity (Wildman–Crippen MR) is 95.5 cm³/mol. The van der Waals surface area contributed by atoms with Gasteiger partial charge in [0, 0.05) is 30.0 Å². The zero-order valence-corrected chi connectivity index (χ0v) is 15.0. The van der Waals surface area contributed by atoms with Gasteiger partial charge in [-0.15, -0.1) is 0 Å². The van der Waals surface area contributed by atoms with E-state index in [1.165, 1.54) is 24.5 Å². The number of rotatable bonds is 5. The molecule has 0 aliphatic rings. The lowest BCUT2D eigenvalue weighted by molar-refractivity contribution is 0.0988. The highest BCUT2D eigenvalue weighted by atomic mass is 35.5. The van der Waals surface area contributed by atoms with Crippen molar-refractivity contribution in [1.29, 1.82) is 0 Å². The summed E-state index contributed by atoms with van der Waals surface area (Å²) in [7, 11) is -3.75. The lowest BCUT2D eigenvalue weighted by atomic mass is 10.1. The third-order valence-corrected chi connectivity index (χ3v) is 5.80. The van der Waals surface area contributed by atoms with Crippen LogP contribution in [0.25, 0.3) is 0 Å². The fourth-order valence-corrected chi connectivity index (χ4v) is 3.82. The summed E-state index contributed by atoms with van der Waals surface area (Å²) in [6.07, 6.45) is 4.48. The molecule has 5 nitrogen and oxygen atoms in total. The largest absolute Gasteiger partial charge is 0.292 e. The summed E-state index contributed by atoms with van der Waals surface area (Å²) in [6, 6.07) is 11.3. The van der Waals surface area contributed by atoms with Crippen LogP contribution in [0.5, 0.6) is 0 Å². The van der Waals surface area contributed by atoms with Crippen LogP contribution in [0.3, 0.4) is 0 Å². The van der Waals surface area contributed by atoms with E-state index in [4.69, 9.17) is 11.6 Å². The molecule has 0 bridgehead atoms. The van der Waals surface area contributed by atoms with Crippen molar-refractivity contribution in [2.24, 2.45) is 0 Å². The summed E-state index contributed by atoms with van der Waals surface area (Å²) in [4.78, 5) is 16.3. The Labute approximate surface area is 151 Å². The number of halogens is 1. The summed E-state index contributed by atoms with van der Waals surface area (Å²) in [5.41, 5.74) is 1.75. The number of carbonyl (C=O) groups is 1. The number of nitrogens with zero attached hydrogens (tertiary/aromatic N) is 2. The lowest BCUT2D eigenvalue weighted by Gasteiger charge is -2.07. The van der Waals surface area contributed by atoms with Gasteiger partial charge in [-0.05, 0) is 48.4 Å². The van der Waals surface area contributed by atoms with E-state index in [0.717, 1.165) is 9.54 Å². The minimum Gasteiger partial charge on any atom is -0.292 e. The number of hydrogen-bond acceptors (Lipinski definition) is 4. The van der Waals surface area contributed by atoms with E-state index in [1.807, 2.05) is 0 Å². The van der Waals surface area contributed by atoms with Crippen molar-refractivity contribution in [3.63, 3.8) is 0 Å². The van der Waals surface area contributed by atoms with Crippen molar-refractivity contribution >= 4 is 27.4 Å². The van der Waals surface area contributed by atoms with Gasteiger partial charge in [-0.25, -0.2) is 12.4 Å². The Morgan fingerprint density at radius 3 is 2.68 bits per heavy atom. The van der Waals surface area contributed by atoms with Crippen molar-refractivity contribution in [1.82, 2.24) is 8.96 Å². The molecule has 0 N–H and O–H groups in total. The highest BCUT2D eigenvalue weighted by molar-refractivity contribution is 7.90. The van der Waals surface area contributed by atoms with Crippen molar-refractivity contribution in [2.75, 3.05) is 0 Å². The number of benzene rings is 1. The molecular formula is C18H15ClN2O3S. The third kappa shape index (κ3) is 3.65. The van der Waals surface area contributed by atoms with E-state index < -0.39 is 10.0 Å². The molecule has 3 aromatic rings. The van der Waals surface area contributed by atoms with Crippen LogP contribution in [-0.4, -0.2) is 23.2 Å². The van der Waals surface area contributed by atoms with Crippen LogP contribution in [0.15, 0.2) is 66.0 Å². The third-order valence-electron chi connectivity index (χ3n) is 3.76. The molecule has 2 heterocycles. The van der Waals surface area contributed by atoms with Gasteiger partial charge in [0.1, 0.15) is 5.69 Å². The van der Waals surface area contributed by atoms with E-state index >= 15 is 0 Å². The number of Topliss-reactive ketones (excluding diaryl/α,β-unsaturated/α-hetero) is 1. The molecular weight excluding hydrogens is 360 g/mol. The molecule has 7 heteroatoms. The smallest absolute Gasteiger partial charge is 0.267 e. The fourth-order valence-electron chi connectivity index (χ4n) is 2.33. The maximum absolute atomic E-state index is 12.7. The van der Waals surface area contributed by atoms with Gasteiger partial charge in [0.05, 0.1) is 4.90 Å². The van der Waals surface area contributed by atoms with Crippen LogP contribution < -0.4 is 0 Å². The zero-order chi connectivity index (χ0) is 18.0. The number of aryl methyl sites for hydroxylation is 1. The van der Waals surface area contributed by atoms with E-state index in [1.54, 1.807) is 43.5 Å². The molecule has 0 radical (unpaired) electrons. The van der Waals surface area contributed by atoms with Gasteiger partial charge in [0.25, 0.3) is 10.0 Å². The molecule has 0 unspecified atom stereocenters. The second kappa shape index (κ2) is 6.82. The van der Waals surface area contributed by atoms with Gasteiger partial charge in [0.2, 0.25) is 0 Å². The molecule has 3 rings (SSSR count). The number of ketones is 1. The highest BCUT2D eigenvalue weighted by Crippen LogP contribution is 2.22. The van der Waals surface area contributed by atoms with Gasteiger partial charge in [0.15, 0.2) is 5.78 Å². The zero-order valence-electron chi connectivity index (χ0n) is 13.4. The molecule has 0 fully saturated rings. The van der Waals surface area contributed by atoms with Crippen LogP contribution in [0, 0.1) is 6.92 Å². The van der Waals surface area contributed by atoms with E-state index in [2.05, 4.69) is 4.98 Å². The molecule has 0 spiro atoms. The summed E-state index contributed by atoms with van der Waals surface area (Å²) in [5, 5.41) is 0.388. The molecule has 1 aromatic carbocycles. The van der Waals surface area contributed by atoms with Crippen LogP contribution in [0.4, 0.5) is 0 Å². The van der Waals surface area contributed by atoms with Crippen molar-refractivity contribution in [2.45, 2.75) is 18.2 Å². The summed E-state index contributed by atoms with van der Waals surface area (Å²) < 4.78 is 26.4. The van der Waals surface area contributed by atoms with Gasteiger partial charge < -0.3 is 0 Å². The normalized spacial score (nSPS) is 11.4. The van der Waals surface area contributed by atoms with Crippen LogP contribution in [0.2, 0.25) is 5.02 Å². The first kappa shape index (κ1) is 17.4. The average Bonchev–Trinajstić information content (AvgIpc) is 3.07. The number of aromatic nitrogens is 2. The predicted octanol–water partition coefficient (Wildman–Crippen LogP) is 3.51. The SMILES string of the molecule is Cc1ccc(S(=O)(=O)n2ccc(CC(=O)c3ccccn3)c2)cc1Cl. The monoisotopic (exact) mass is 374 g/mol. The molecule has 0 aliphatic heterocycles. The Hall–Kier alpha value is -2.44. The Balaban J connectivity index is 1.85. The van der Waals surface area contributed by atoms with Gasteiger partial charge in [-0.1, -0.05) is 23.7 Å². The second-order valence-electron chi connectivity index (χ2n) is 5.58. The van der Waals surface area contributed by atoms with Crippen LogP contribution >= 0.6 is 11.6 Å². The molecule has 0 aliphatic carbocycles. The summed E-state index contributed by atoms with van der Waals surface area (Å²) in [6.45, 7) is 1.80. The summed E-state index contributed by atoms with van der Waals surface area (Å²) in [5.74, 6) is -0.172. The molecule has 25 heavy (non-hydrogen) atoms. The van der Waals surface area contributed by atoms with Gasteiger partial charge in [-0.2, -0.15) is 0 Å². The minimum absolute atomic E-state index is 0.0776. The average molecular weight is 375 g/mol. The van der Waals surface area contributed by atoms with Crippen LogP contribution in [0.1, 0.15) is 21.6 Å². The Morgan fingerprint density at radius 1 is 1.20 bits per heavy atom. The first-order chi connectivity index (χ1) is 11.9. The Morgan fingerprint density at radius 2 is 2.00 bits per heavy atom. The van der Waals surface area contributed by atoms with E-state index in [0.29, 0.717) is 16.3 Å². The first-order valence-corrected chi connectivity index (χ1v) is 9.32. The summed E-state index contributed by atoms with van der Waals surface area (Å²) >= 11 is 6.02. The van der Waals surface area contributed by atoms with Gasteiger partial charge in [-0.3, -0.25) is 9.78 Å². The Kier molecular flexibility index (Phi) is 4.74. The molecule has 2 aromatic heterocycles. The van der Waals surface area contributed by atoms with Crippen molar-refractivity contribution in [3.05, 3.63) is 82.9 Å². The molecule has 0 saturated heterocycles. The van der Waals surface area contributed by atoms with E-state index in [9.17, 15) is 13.2 Å². The number of pyridine rings is 1. The first-order valence-electron chi connectivity index (χ1n) is 7.51. The van der Waals surface area contributed by atoms with E-state index in [-0.39, 0.29) is 17.1 Å². The number of carbonyl (C=O) groups excluding carboxylic acids is 1. The maximum atomic E-state index is 12.7. The number of hydrogen-bond donors (Lipinski definition) is 0. The molecule has 128 valence electrons. The van der Waals surface area contributed by atoms with Crippen molar-refractivity contribution < 1.29 is 13.2 Å². The standard InChI is InChI=1S/C18H15ClN2O3S/c1-13-5-6-15(11-16(13)19)25(23,24)21-9-7-14(12-21)10-18(22)17-4-2-3-8-20-17/h2-9,11-12H,10H2,1H3. The second-order valence-corrected chi connectivity index (χ2v) is 7.83. The van der Waals surface area contributed by atoms with Crippen molar-refractivity contribution in [3.8, 4) is 0 Å². The molecule has 0 saturated carbocycles. The quantitative estimate of drug-likeness (QED) is 0.641. The molecule has 0 atom stereocenters. The molecule has 0 amide bonds.